The third-order valence-corrected chi connectivity index (χ3v) is 8.29. The van der Waals surface area contributed by atoms with Crippen LogP contribution in [0.2, 0.25) is 5.02 Å². The van der Waals surface area contributed by atoms with E-state index in [-0.39, 0.29) is 23.0 Å². The number of benzene rings is 3. The van der Waals surface area contributed by atoms with Crippen molar-refractivity contribution in [3.05, 3.63) is 88.9 Å². The molecule has 0 bridgehead atoms. The number of carbonyl (C=O) groups is 2. The molecule has 8 nitrogen and oxygen atoms in total. The first kappa shape index (κ1) is 30.0. The number of methoxy groups -OCH3 is 1. The molecule has 1 atom stereocenters. The van der Waals surface area contributed by atoms with E-state index < -0.39 is 28.5 Å². The molecule has 0 heterocycles. The maximum atomic E-state index is 14.0. The van der Waals surface area contributed by atoms with E-state index in [9.17, 15) is 18.0 Å². The number of likely N-dealkylation sites (N-methyl/N-ethyl adjacent to an activating group) is 1. The van der Waals surface area contributed by atoms with E-state index in [1.165, 1.54) is 17.0 Å². The number of nitrogens with one attached hydrogen (secondary N) is 1. The first-order chi connectivity index (χ1) is 18.6. The number of nitrogens with zero attached hydrogens (tertiary/aromatic N) is 2. The van der Waals surface area contributed by atoms with E-state index in [1.54, 1.807) is 62.6 Å². The number of halogens is 1. The highest BCUT2D eigenvalue weighted by Gasteiger charge is 2.33. The SMILES string of the molecule is CCNC(=O)C(CC)N(Cc1ccc(OC)cc1)C(=O)CN(c1ccc(Cl)cc1)S(=O)(=O)c1ccc(C)cc1. The highest BCUT2D eigenvalue weighted by Crippen LogP contribution is 2.26. The van der Waals surface area contributed by atoms with Crippen LogP contribution in [0, 0.1) is 6.92 Å². The van der Waals surface area contributed by atoms with Gasteiger partial charge in [-0.1, -0.05) is 48.4 Å². The minimum atomic E-state index is -4.13. The molecule has 0 radical (unpaired) electrons. The second kappa shape index (κ2) is 13.5. The van der Waals surface area contributed by atoms with Gasteiger partial charge in [0.2, 0.25) is 11.8 Å². The monoisotopic (exact) mass is 571 g/mol. The van der Waals surface area contributed by atoms with Gasteiger partial charge in [-0.3, -0.25) is 13.9 Å². The Hall–Kier alpha value is -3.56. The highest BCUT2D eigenvalue weighted by molar-refractivity contribution is 7.92. The molecule has 3 aromatic carbocycles. The standard InChI is InChI=1S/C29H34ClN3O5S/c1-5-27(29(35)31-6-2)32(19-22-9-15-25(38-4)16-10-22)28(34)20-33(24-13-11-23(30)12-14-24)39(36,37)26-17-7-21(3)8-18-26/h7-18,27H,5-6,19-20H2,1-4H3,(H,31,35). The smallest absolute Gasteiger partial charge is 0.264 e. The number of rotatable bonds is 12. The van der Waals surface area contributed by atoms with Gasteiger partial charge in [0.05, 0.1) is 17.7 Å². The number of amides is 2. The number of sulfonamides is 1. The molecule has 0 aliphatic carbocycles. The molecule has 3 aromatic rings. The Morgan fingerprint density at radius 1 is 0.949 bits per heavy atom. The van der Waals surface area contributed by atoms with Gasteiger partial charge in [0.25, 0.3) is 10.0 Å². The highest BCUT2D eigenvalue weighted by atomic mass is 35.5. The summed E-state index contributed by atoms with van der Waals surface area (Å²) in [5.41, 5.74) is 1.96. The number of carbonyl (C=O) groups excluding carboxylic acids is 2. The Kier molecular flexibility index (Phi) is 10.4. The summed E-state index contributed by atoms with van der Waals surface area (Å²) < 4.78 is 33.9. The maximum absolute atomic E-state index is 14.0. The zero-order valence-corrected chi connectivity index (χ0v) is 24.1. The molecule has 0 saturated carbocycles. The summed E-state index contributed by atoms with van der Waals surface area (Å²) in [6.45, 7) is 5.48. The fourth-order valence-electron chi connectivity index (χ4n) is 4.11. The third kappa shape index (κ3) is 7.52. The first-order valence-electron chi connectivity index (χ1n) is 12.7. The van der Waals surface area contributed by atoms with Gasteiger partial charge in [-0.15, -0.1) is 0 Å². The summed E-state index contributed by atoms with van der Waals surface area (Å²) in [5.74, 6) is -0.165. The molecule has 0 aliphatic rings. The second-order valence-electron chi connectivity index (χ2n) is 8.99. The predicted molar refractivity (Wildman–Crippen MR) is 153 cm³/mol. The van der Waals surface area contributed by atoms with E-state index in [0.717, 1.165) is 15.4 Å². The van der Waals surface area contributed by atoms with Crippen LogP contribution in [0.4, 0.5) is 5.69 Å². The predicted octanol–water partition coefficient (Wildman–Crippen LogP) is 4.80. The molecule has 0 aromatic heterocycles. The van der Waals surface area contributed by atoms with Crippen LogP contribution in [-0.2, 0) is 26.2 Å². The Labute approximate surface area is 235 Å². The number of hydrogen-bond donors (Lipinski definition) is 1. The van der Waals surface area contributed by atoms with Gasteiger partial charge in [-0.2, -0.15) is 0 Å². The number of hydrogen-bond acceptors (Lipinski definition) is 5. The van der Waals surface area contributed by atoms with Gasteiger partial charge < -0.3 is 15.0 Å². The minimum Gasteiger partial charge on any atom is -0.497 e. The van der Waals surface area contributed by atoms with Gasteiger partial charge in [0, 0.05) is 18.1 Å². The van der Waals surface area contributed by atoms with Crippen LogP contribution in [-0.4, -0.2) is 51.4 Å². The zero-order chi connectivity index (χ0) is 28.6. The Morgan fingerprint density at radius 3 is 2.10 bits per heavy atom. The quantitative estimate of drug-likeness (QED) is 0.337. The van der Waals surface area contributed by atoms with Crippen LogP contribution in [0.15, 0.2) is 77.7 Å². The molecular weight excluding hydrogens is 538 g/mol. The molecule has 3 rings (SSSR count). The van der Waals surface area contributed by atoms with Crippen LogP contribution < -0.4 is 14.4 Å². The molecule has 0 aliphatic heterocycles. The number of ether oxygens (including phenoxy) is 1. The van der Waals surface area contributed by atoms with Crippen molar-refractivity contribution in [3.63, 3.8) is 0 Å². The fraction of sp³-hybridized carbons (Fsp3) is 0.310. The van der Waals surface area contributed by atoms with Gasteiger partial charge in [-0.25, -0.2) is 8.42 Å². The Bertz CT molecular complexity index is 1360. The normalized spacial score (nSPS) is 11.9. The van der Waals surface area contributed by atoms with Crippen LogP contribution in [0.1, 0.15) is 31.4 Å². The summed E-state index contributed by atoms with van der Waals surface area (Å²) in [7, 11) is -2.57. The van der Waals surface area contributed by atoms with Crippen molar-refractivity contribution in [2.45, 2.75) is 44.7 Å². The van der Waals surface area contributed by atoms with E-state index >= 15 is 0 Å². The largest absolute Gasteiger partial charge is 0.497 e. The van der Waals surface area contributed by atoms with Crippen molar-refractivity contribution >= 4 is 39.1 Å². The topological polar surface area (TPSA) is 96.0 Å². The third-order valence-electron chi connectivity index (χ3n) is 6.25. The molecule has 208 valence electrons. The molecule has 0 spiro atoms. The lowest BCUT2D eigenvalue weighted by atomic mass is 10.1. The van der Waals surface area contributed by atoms with Gasteiger partial charge in [0.15, 0.2) is 0 Å². The molecular formula is C29H34ClN3O5S. The van der Waals surface area contributed by atoms with Crippen molar-refractivity contribution in [1.82, 2.24) is 10.2 Å². The maximum Gasteiger partial charge on any atom is 0.264 e. The molecule has 2 amide bonds. The zero-order valence-electron chi connectivity index (χ0n) is 22.6. The first-order valence-corrected chi connectivity index (χ1v) is 14.5. The fourth-order valence-corrected chi connectivity index (χ4v) is 5.65. The summed E-state index contributed by atoms with van der Waals surface area (Å²) >= 11 is 6.06. The van der Waals surface area contributed by atoms with Crippen molar-refractivity contribution in [1.29, 1.82) is 0 Å². The van der Waals surface area contributed by atoms with Crippen LogP contribution >= 0.6 is 11.6 Å². The Balaban J connectivity index is 2.04. The average Bonchev–Trinajstić information content (AvgIpc) is 2.92. The second-order valence-corrected chi connectivity index (χ2v) is 11.3. The molecule has 39 heavy (non-hydrogen) atoms. The van der Waals surface area contributed by atoms with Crippen molar-refractivity contribution in [3.8, 4) is 5.75 Å². The molecule has 0 fully saturated rings. The summed E-state index contributed by atoms with van der Waals surface area (Å²) in [6.07, 6.45) is 0.347. The van der Waals surface area contributed by atoms with E-state index in [0.29, 0.717) is 23.7 Å². The van der Waals surface area contributed by atoms with E-state index in [4.69, 9.17) is 16.3 Å². The van der Waals surface area contributed by atoms with Crippen LogP contribution in [0.25, 0.3) is 0 Å². The van der Waals surface area contributed by atoms with E-state index in [1.807, 2.05) is 26.0 Å². The minimum absolute atomic E-state index is 0.0494. The molecule has 1 unspecified atom stereocenters. The van der Waals surface area contributed by atoms with E-state index in [2.05, 4.69) is 5.32 Å². The van der Waals surface area contributed by atoms with Crippen molar-refractivity contribution < 1.29 is 22.7 Å². The van der Waals surface area contributed by atoms with Gasteiger partial charge >= 0.3 is 0 Å². The Morgan fingerprint density at radius 2 is 1.56 bits per heavy atom. The lowest BCUT2D eigenvalue weighted by Crippen LogP contribution is -2.52. The lowest BCUT2D eigenvalue weighted by molar-refractivity contribution is -0.140. The van der Waals surface area contributed by atoms with Crippen molar-refractivity contribution in [2.24, 2.45) is 0 Å². The average molecular weight is 572 g/mol. The summed E-state index contributed by atoms with van der Waals surface area (Å²) in [5, 5.41) is 3.22. The van der Waals surface area contributed by atoms with Crippen LogP contribution in [0.3, 0.4) is 0 Å². The van der Waals surface area contributed by atoms with Crippen molar-refractivity contribution in [2.75, 3.05) is 24.5 Å². The number of anilines is 1. The molecule has 1 N–H and O–H groups in total. The lowest BCUT2D eigenvalue weighted by Gasteiger charge is -2.33. The van der Waals surface area contributed by atoms with Gasteiger partial charge in [-0.05, 0) is 74.4 Å². The molecule has 0 saturated heterocycles. The van der Waals surface area contributed by atoms with Crippen LogP contribution in [0.5, 0.6) is 5.75 Å². The van der Waals surface area contributed by atoms with Gasteiger partial charge in [0.1, 0.15) is 18.3 Å². The molecule has 10 heteroatoms. The summed E-state index contributed by atoms with van der Waals surface area (Å²) in [4.78, 5) is 28.4. The number of aryl methyl sites for hydroxylation is 1. The summed E-state index contributed by atoms with van der Waals surface area (Å²) in [6, 6.07) is 19.0.